The van der Waals surface area contributed by atoms with Crippen LogP contribution in [0.3, 0.4) is 0 Å². The lowest BCUT2D eigenvalue weighted by molar-refractivity contribution is 0.299. The highest BCUT2D eigenvalue weighted by molar-refractivity contribution is 7.19. The molecule has 0 unspecified atom stereocenters. The number of aromatic nitrogens is 6. The minimum Gasteiger partial charge on any atom is -0.396 e. The molecule has 142 valence electrons. The number of benzene rings is 1. The van der Waals surface area contributed by atoms with Crippen LogP contribution in [0.1, 0.15) is 10.6 Å². The van der Waals surface area contributed by atoms with Crippen LogP contribution in [0, 0.1) is 0 Å². The van der Waals surface area contributed by atoms with Gasteiger partial charge in [0, 0.05) is 37.9 Å². The molecular formula is C19H18N6O2S. The van der Waals surface area contributed by atoms with Gasteiger partial charge in [-0.15, -0.1) is 11.3 Å². The molecule has 0 radical (unpaired) electrons. The maximum atomic E-state index is 13.2. The van der Waals surface area contributed by atoms with Crippen molar-refractivity contribution in [2.75, 3.05) is 6.61 Å². The van der Waals surface area contributed by atoms with Gasteiger partial charge in [0.2, 0.25) is 0 Å². The predicted octanol–water partition coefficient (Wildman–Crippen LogP) is 1.81. The smallest absolute Gasteiger partial charge is 0.291 e. The van der Waals surface area contributed by atoms with Gasteiger partial charge in [-0.1, -0.05) is 12.1 Å². The first-order valence-electron chi connectivity index (χ1n) is 8.93. The van der Waals surface area contributed by atoms with Crippen molar-refractivity contribution >= 4 is 43.5 Å². The van der Waals surface area contributed by atoms with Crippen LogP contribution in [0.5, 0.6) is 0 Å². The number of aliphatic hydroxyl groups excluding tert-OH is 1. The summed E-state index contributed by atoms with van der Waals surface area (Å²) in [5.41, 5.74) is 3.23. The van der Waals surface area contributed by atoms with E-state index in [1.807, 2.05) is 47.7 Å². The summed E-state index contributed by atoms with van der Waals surface area (Å²) < 4.78 is 6.07. The monoisotopic (exact) mass is 394 g/mol. The molecule has 0 amide bonds. The van der Waals surface area contributed by atoms with Crippen LogP contribution < -0.4 is 5.56 Å². The van der Waals surface area contributed by atoms with Crippen LogP contribution in [0.15, 0.2) is 35.4 Å². The molecule has 9 heteroatoms. The Morgan fingerprint density at radius 3 is 2.79 bits per heavy atom. The average molecular weight is 394 g/mol. The fraction of sp³-hybridized carbons (Fsp3) is 0.263. The van der Waals surface area contributed by atoms with Crippen molar-refractivity contribution in [2.24, 2.45) is 14.1 Å². The Labute approximate surface area is 163 Å². The molecule has 1 N–H and O–H groups in total. The summed E-state index contributed by atoms with van der Waals surface area (Å²) in [5.74, 6) is 0. The number of thiazole rings is 1. The van der Waals surface area contributed by atoms with Crippen molar-refractivity contribution in [3.05, 3.63) is 51.5 Å². The highest BCUT2D eigenvalue weighted by Gasteiger charge is 2.18. The first kappa shape index (κ1) is 17.1. The van der Waals surface area contributed by atoms with Crippen molar-refractivity contribution in [3.63, 3.8) is 0 Å². The Kier molecular flexibility index (Phi) is 3.81. The summed E-state index contributed by atoms with van der Waals surface area (Å²) in [5, 5.41) is 20.6. The molecule has 4 aromatic heterocycles. The highest BCUT2D eigenvalue weighted by atomic mass is 32.1. The summed E-state index contributed by atoms with van der Waals surface area (Å²) in [6.07, 6.45) is 4.07. The lowest BCUT2D eigenvalue weighted by Crippen LogP contribution is -2.24. The molecule has 5 aromatic rings. The largest absolute Gasteiger partial charge is 0.396 e. The first-order valence-corrected chi connectivity index (χ1v) is 9.74. The van der Waals surface area contributed by atoms with Gasteiger partial charge in [-0.05, 0) is 11.6 Å². The Morgan fingerprint density at radius 1 is 1.14 bits per heavy atom. The van der Waals surface area contributed by atoms with Gasteiger partial charge in [-0.3, -0.25) is 9.48 Å². The van der Waals surface area contributed by atoms with Gasteiger partial charge in [0.15, 0.2) is 5.65 Å². The Hall–Kier alpha value is -3.04. The van der Waals surface area contributed by atoms with E-state index in [2.05, 4.69) is 15.2 Å². The van der Waals surface area contributed by atoms with Gasteiger partial charge < -0.3 is 9.67 Å². The fourth-order valence-electron chi connectivity index (χ4n) is 3.68. The molecule has 0 aliphatic heterocycles. The standard InChI is InChI=1S/C19H18N6O2S/c1-23-16-13(17-18(23)22-15(28-17)6-7-26)9-21-25(19(16)27)10-11-4-3-5-14-12(11)8-20-24(14)2/h3-5,8-9,26H,6-7,10H2,1-2H3. The van der Waals surface area contributed by atoms with Gasteiger partial charge in [-0.25, -0.2) is 9.67 Å². The minimum atomic E-state index is -0.144. The zero-order valence-electron chi connectivity index (χ0n) is 15.5. The van der Waals surface area contributed by atoms with E-state index in [1.165, 1.54) is 16.0 Å². The van der Waals surface area contributed by atoms with Crippen LogP contribution in [0.2, 0.25) is 0 Å². The number of aliphatic hydroxyl groups is 1. The topological polar surface area (TPSA) is 90.8 Å². The molecule has 0 spiro atoms. The SMILES string of the molecule is Cn1ncc2c(Cn3ncc4c5sc(CCO)nc5n(C)c4c3=O)cccc21. The van der Waals surface area contributed by atoms with Crippen molar-refractivity contribution < 1.29 is 5.11 Å². The van der Waals surface area contributed by atoms with Gasteiger partial charge in [0.05, 0.1) is 34.2 Å². The molecule has 0 bridgehead atoms. The molecule has 0 aliphatic carbocycles. The summed E-state index contributed by atoms with van der Waals surface area (Å²) >= 11 is 1.50. The third-order valence-electron chi connectivity index (χ3n) is 5.10. The zero-order valence-corrected chi connectivity index (χ0v) is 16.3. The van der Waals surface area contributed by atoms with Gasteiger partial charge in [0.25, 0.3) is 5.56 Å². The molecule has 1 aromatic carbocycles. The third-order valence-corrected chi connectivity index (χ3v) is 6.24. The normalized spacial score (nSPS) is 12.0. The molecule has 0 saturated heterocycles. The van der Waals surface area contributed by atoms with E-state index < -0.39 is 0 Å². The molecule has 0 atom stereocenters. The third kappa shape index (κ3) is 2.40. The van der Waals surface area contributed by atoms with E-state index >= 15 is 0 Å². The highest BCUT2D eigenvalue weighted by Crippen LogP contribution is 2.31. The molecule has 0 saturated carbocycles. The lowest BCUT2D eigenvalue weighted by Gasteiger charge is -2.07. The number of hydrogen-bond donors (Lipinski definition) is 1. The Bertz CT molecular complexity index is 1410. The van der Waals surface area contributed by atoms with Gasteiger partial charge >= 0.3 is 0 Å². The molecule has 8 nitrogen and oxygen atoms in total. The quantitative estimate of drug-likeness (QED) is 0.502. The number of nitrogens with zero attached hydrogens (tertiary/aromatic N) is 6. The van der Waals surface area contributed by atoms with Crippen molar-refractivity contribution in [2.45, 2.75) is 13.0 Å². The van der Waals surface area contributed by atoms with Crippen LogP contribution >= 0.6 is 11.3 Å². The van der Waals surface area contributed by atoms with E-state index in [0.717, 1.165) is 37.2 Å². The molecule has 4 heterocycles. The minimum absolute atomic E-state index is 0.0582. The van der Waals surface area contributed by atoms with Crippen molar-refractivity contribution in [1.82, 2.24) is 29.1 Å². The number of hydrogen-bond acceptors (Lipinski definition) is 6. The van der Waals surface area contributed by atoms with Crippen molar-refractivity contribution in [3.8, 4) is 0 Å². The van der Waals surface area contributed by atoms with Gasteiger partial charge in [-0.2, -0.15) is 10.2 Å². The van der Waals surface area contributed by atoms with Gasteiger partial charge in [0.1, 0.15) is 5.52 Å². The van der Waals surface area contributed by atoms with E-state index in [4.69, 9.17) is 5.11 Å². The fourth-order valence-corrected chi connectivity index (χ4v) is 4.78. The average Bonchev–Trinajstić information content (AvgIpc) is 3.34. The van der Waals surface area contributed by atoms with E-state index in [9.17, 15) is 4.79 Å². The summed E-state index contributed by atoms with van der Waals surface area (Å²) in [7, 11) is 3.75. The predicted molar refractivity (Wildman–Crippen MR) is 109 cm³/mol. The molecule has 5 rings (SSSR count). The second-order valence-corrected chi connectivity index (χ2v) is 7.86. The number of aryl methyl sites for hydroxylation is 2. The second kappa shape index (κ2) is 6.25. The molecular weight excluding hydrogens is 376 g/mol. The number of rotatable bonds is 4. The summed E-state index contributed by atoms with van der Waals surface area (Å²) in [6.45, 7) is 0.433. The summed E-state index contributed by atoms with van der Waals surface area (Å²) in [4.78, 5) is 17.7. The van der Waals surface area contributed by atoms with Crippen LogP contribution in [0.25, 0.3) is 32.2 Å². The van der Waals surface area contributed by atoms with Crippen LogP contribution in [-0.2, 0) is 27.1 Å². The zero-order chi connectivity index (χ0) is 19.4. The van der Waals surface area contributed by atoms with Crippen LogP contribution in [0.4, 0.5) is 0 Å². The van der Waals surface area contributed by atoms with Crippen LogP contribution in [-0.4, -0.2) is 40.8 Å². The number of fused-ring (bicyclic) bond motifs is 4. The molecule has 28 heavy (non-hydrogen) atoms. The first-order chi connectivity index (χ1) is 13.6. The molecule has 0 fully saturated rings. The van der Waals surface area contributed by atoms with Crippen molar-refractivity contribution in [1.29, 1.82) is 0 Å². The second-order valence-electron chi connectivity index (χ2n) is 6.78. The Morgan fingerprint density at radius 2 is 1.96 bits per heavy atom. The maximum absolute atomic E-state index is 13.2. The van der Waals surface area contributed by atoms with E-state index in [-0.39, 0.29) is 12.2 Å². The molecule has 0 aliphatic rings. The Balaban J connectivity index is 1.65. The maximum Gasteiger partial charge on any atom is 0.291 e. The summed E-state index contributed by atoms with van der Waals surface area (Å²) in [6, 6.07) is 5.97. The van der Waals surface area contributed by atoms with E-state index in [0.29, 0.717) is 18.5 Å². The lowest BCUT2D eigenvalue weighted by atomic mass is 10.1. The van der Waals surface area contributed by atoms with E-state index in [1.54, 1.807) is 6.20 Å².